The average Bonchev–Trinajstić information content (AvgIpc) is 2.74. The third-order valence-corrected chi connectivity index (χ3v) is 2.57. The molecule has 1 atom stereocenters. The highest BCUT2D eigenvalue weighted by atomic mass is 16.5. The summed E-state index contributed by atoms with van der Waals surface area (Å²) in [5.41, 5.74) is 0. The Labute approximate surface area is 89.6 Å². The first kappa shape index (κ1) is 10.3. The second-order valence-corrected chi connectivity index (χ2v) is 3.77. The van der Waals surface area contributed by atoms with Gasteiger partial charge in [0.25, 0.3) is 0 Å². The molecule has 1 saturated heterocycles. The maximum atomic E-state index is 9.08. The number of hydrogen-bond donors (Lipinski definition) is 1. The van der Waals surface area contributed by atoms with Crippen LogP contribution in [0.4, 0.5) is 0 Å². The SMILES string of the molecule is Oc1ccc(OCCC2CCCO2)cc1. The molecule has 82 valence electrons. The summed E-state index contributed by atoms with van der Waals surface area (Å²) >= 11 is 0. The Balaban J connectivity index is 1.71. The average molecular weight is 208 g/mol. The number of benzene rings is 1. The van der Waals surface area contributed by atoms with Crippen LogP contribution in [0.5, 0.6) is 11.5 Å². The summed E-state index contributed by atoms with van der Waals surface area (Å²) in [5.74, 6) is 1.06. The number of phenols is 1. The second-order valence-electron chi connectivity index (χ2n) is 3.77. The molecule has 0 amide bonds. The lowest BCUT2D eigenvalue weighted by atomic mass is 10.2. The molecule has 3 nitrogen and oxygen atoms in total. The molecule has 1 N–H and O–H groups in total. The lowest BCUT2D eigenvalue weighted by Crippen LogP contribution is -2.10. The van der Waals surface area contributed by atoms with E-state index in [0.29, 0.717) is 12.7 Å². The number of phenolic OH excluding ortho intramolecular Hbond substituents is 1. The predicted octanol–water partition coefficient (Wildman–Crippen LogP) is 2.34. The summed E-state index contributed by atoms with van der Waals surface area (Å²) < 4.78 is 11.0. The molecule has 1 aliphatic heterocycles. The normalized spacial score (nSPS) is 20.4. The van der Waals surface area contributed by atoms with Crippen molar-refractivity contribution in [1.82, 2.24) is 0 Å². The molecule has 2 rings (SSSR count). The Morgan fingerprint density at radius 1 is 1.33 bits per heavy atom. The van der Waals surface area contributed by atoms with Crippen molar-refractivity contribution < 1.29 is 14.6 Å². The summed E-state index contributed by atoms with van der Waals surface area (Å²) in [4.78, 5) is 0. The highest BCUT2D eigenvalue weighted by molar-refractivity contribution is 5.29. The number of hydrogen-bond acceptors (Lipinski definition) is 3. The van der Waals surface area contributed by atoms with E-state index in [2.05, 4.69) is 0 Å². The number of ether oxygens (including phenoxy) is 2. The van der Waals surface area contributed by atoms with E-state index in [1.54, 1.807) is 24.3 Å². The molecule has 0 aliphatic carbocycles. The van der Waals surface area contributed by atoms with E-state index in [1.807, 2.05) is 0 Å². The molecule has 0 aromatic heterocycles. The summed E-state index contributed by atoms with van der Waals surface area (Å²) in [5, 5.41) is 9.08. The minimum atomic E-state index is 0.265. The fourth-order valence-electron chi connectivity index (χ4n) is 1.72. The first-order valence-corrected chi connectivity index (χ1v) is 5.38. The Hall–Kier alpha value is -1.22. The molecule has 0 saturated carbocycles. The van der Waals surface area contributed by atoms with Gasteiger partial charge < -0.3 is 14.6 Å². The maximum Gasteiger partial charge on any atom is 0.119 e. The van der Waals surface area contributed by atoms with Crippen molar-refractivity contribution in [2.45, 2.75) is 25.4 Å². The van der Waals surface area contributed by atoms with Crippen LogP contribution in [-0.2, 0) is 4.74 Å². The highest BCUT2D eigenvalue weighted by Gasteiger charge is 2.14. The molecule has 1 fully saturated rings. The molecule has 1 aromatic rings. The zero-order valence-corrected chi connectivity index (χ0v) is 8.69. The molecule has 15 heavy (non-hydrogen) atoms. The summed E-state index contributed by atoms with van der Waals surface area (Å²) in [7, 11) is 0. The molecular formula is C12H16O3. The molecule has 1 aromatic carbocycles. The molecule has 1 aliphatic rings. The quantitative estimate of drug-likeness (QED) is 0.825. The molecule has 1 heterocycles. The van der Waals surface area contributed by atoms with E-state index in [0.717, 1.165) is 25.2 Å². The second kappa shape index (κ2) is 5.03. The van der Waals surface area contributed by atoms with Crippen LogP contribution >= 0.6 is 0 Å². The van der Waals surface area contributed by atoms with E-state index in [1.165, 1.54) is 6.42 Å². The van der Waals surface area contributed by atoms with Gasteiger partial charge >= 0.3 is 0 Å². The Morgan fingerprint density at radius 3 is 2.80 bits per heavy atom. The van der Waals surface area contributed by atoms with Gasteiger partial charge in [0.05, 0.1) is 12.7 Å². The minimum absolute atomic E-state index is 0.265. The van der Waals surface area contributed by atoms with Gasteiger partial charge in [0.2, 0.25) is 0 Å². The van der Waals surface area contributed by atoms with Crippen LogP contribution in [0.1, 0.15) is 19.3 Å². The monoisotopic (exact) mass is 208 g/mol. The van der Waals surface area contributed by atoms with Gasteiger partial charge in [-0.25, -0.2) is 0 Å². The molecule has 0 radical (unpaired) electrons. The van der Waals surface area contributed by atoms with Crippen LogP contribution in [0.3, 0.4) is 0 Å². The number of rotatable bonds is 4. The van der Waals surface area contributed by atoms with Crippen molar-refractivity contribution in [3.05, 3.63) is 24.3 Å². The van der Waals surface area contributed by atoms with Crippen molar-refractivity contribution in [3.63, 3.8) is 0 Å². The first-order valence-electron chi connectivity index (χ1n) is 5.38. The highest BCUT2D eigenvalue weighted by Crippen LogP contribution is 2.18. The van der Waals surface area contributed by atoms with E-state index < -0.39 is 0 Å². The van der Waals surface area contributed by atoms with Gasteiger partial charge in [-0.15, -0.1) is 0 Å². The van der Waals surface area contributed by atoms with Crippen LogP contribution in [-0.4, -0.2) is 24.4 Å². The van der Waals surface area contributed by atoms with Gasteiger partial charge in [-0.05, 0) is 37.1 Å². The van der Waals surface area contributed by atoms with Gasteiger partial charge in [0, 0.05) is 13.0 Å². The van der Waals surface area contributed by atoms with E-state index >= 15 is 0 Å². The van der Waals surface area contributed by atoms with Gasteiger partial charge in [-0.1, -0.05) is 0 Å². The third kappa shape index (κ3) is 3.13. The molecule has 3 heteroatoms. The largest absolute Gasteiger partial charge is 0.508 e. The number of aromatic hydroxyl groups is 1. The molecule has 0 bridgehead atoms. The topological polar surface area (TPSA) is 38.7 Å². The van der Waals surface area contributed by atoms with Crippen LogP contribution in [0.25, 0.3) is 0 Å². The Bertz CT molecular complexity index is 288. The maximum absolute atomic E-state index is 9.08. The van der Waals surface area contributed by atoms with Crippen molar-refractivity contribution in [1.29, 1.82) is 0 Å². The standard InChI is InChI=1S/C12H16O3/c13-10-3-5-12(6-4-10)15-9-7-11-2-1-8-14-11/h3-6,11,13H,1-2,7-9H2. The first-order chi connectivity index (χ1) is 7.34. The van der Waals surface area contributed by atoms with Crippen LogP contribution in [0.15, 0.2) is 24.3 Å². The van der Waals surface area contributed by atoms with Crippen molar-refractivity contribution in [3.8, 4) is 11.5 Å². The van der Waals surface area contributed by atoms with Crippen LogP contribution < -0.4 is 4.74 Å². The van der Waals surface area contributed by atoms with Gasteiger partial charge in [-0.2, -0.15) is 0 Å². The zero-order chi connectivity index (χ0) is 10.5. The van der Waals surface area contributed by atoms with E-state index in [9.17, 15) is 0 Å². The van der Waals surface area contributed by atoms with Crippen molar-refractivity contribution in [2.24, 2.45) is 0 Å². The summed E-state index contributed by atoms with van der Waals surface area (Å²) in [6.07, 6.45) is 3.64. The van der Waals surface area contributed by atoms with Gasteiger partial charge in [-0.3, -0.25) is 0 Å². The molecule has 1 unspecified atom stereocenters. The smallest absolute Gasteiger partial charge is 0.119 e. The predicted molar refractivity (Wildman–Crippen MR) is 57.2 cm³/mol. The summed E-state index contributed by atoms with van der Waals surface area (Å²) in [6.45, 7) is 1.57. The minimum Gasteiger partial charge on any atom is -0.508 e. The van der Waals surface area contributed by atoms with E-state index in [4.69, 9.17) is 14.6 Å². The fraction of sp³-hybridized carbons (Fsp3) is 0.500. The van der Waals surface area contributed by atoms with Crippen LogP contribution in [0.2, 0.25) is 0 Å². The zero-order valence-electron chi connectivity index (χ0n) is 8.69. The van der Waals surface area contributed by atoms with Crippen molar-refractivity contribution >= 4 is 0 Å². The molecular weight excluding hydrogens is 192 g/mol. The van der Waals surface area contributed by atoms with Crippen LogP contribution in [0, 0.1) is 0 Å². The lowest BCUT2D eigenvalue weighted by molar-refractivity contribution is 0.0903. The lowest BCUT2D eigenvalue weighted by Gasteiger charge is -2.10. The van der Waals surface area contributed by atoms with Gasteiger partial charge in [0.15, 0.2) is 0 Å². The van der Waals surface area contributed by atoms with E-state index in [-0.39, 0.29) is 5.75 Å². The fourth-order valence-corrected chi connectivity index (χ4v) is 1.72. The Kier molecular flexibility index (Phi) is 3.45. The molecule has 0 spiro atoms. The van der Waals surface area contributed by atoms with Gasteiger partial charge in [0.1, 0.15) is 11.5 Å². The third-order valence-electron chi connectivity index (χ3n) is 2.57. The van der Waals surface area contributed by atoms with Crippen molar-refractivity contribution in [2.75, 3.05) is 13.2 Å². The summed E-state index contributed by atoms with van der Waals surface area (Å²) in [6, 6.07) is 6.79. The Morgan fingerprint density at radius 2 is 2.13 bits per heavy atom.